The van der Waals surface area contributed by atoms with E-state index in [1.165, 1.54) is 28.9 Å². The van der Waals surface area contributed by atoms with Gasteiger partial charge in [0.05, 0.1) is 17.1 Å². The van der Waals surface area contributed by atoms with E-state index < -0.39 is 5.91 Å². The summed E-state index contributed by atoms with van der Waals surface area (Å²) in [5, 5.41) is 4.42. The minimum absolute atomic E-state index is 0.159. The summed E-state index contributed by atoms with van der Waals surface area (Å²) in [7, 11) is 0. The van der Waals surface area contributed by atoms with Crippen molar-refractivity contribution in [3.63, 3.8) is 0 Å². The van der Waals surface area contributed by atoms with Crippen molar-refractivity contribution in [1.29, 1.82) is 0 Å². The summed E-state index contributed by atoms with van der Waals surface area (Å²) in [6, 6.07) is 14.9. The Morgan fingerprint density at radius 2 is 1.79 bits per heavy atom. The Morgan fingerprint density at radius 1 is 1.12 bits per heavy atom. The molecule has 1 aromatic heterocycles. The van der Waals surface area contributed by atoms with Crippen molar-refractivity contribution in [2.75, 3.05) is 5.43 Å². The fourth-order valence-electron chi connectivity index (χ4n) is 2.22. The first-order valence-electron chi connectivity index (χ1n) is 7.18. The smallest absolute Gasteiger partial charge is 0.274 e. The number of carbonyl (C=O) groups excluding carboxylic acids is 1. The van der Waals surface area contributed by atoms with E-state index in [0.29, 0.717) is 11.4 Å². The summed E-state index contributed by atoms with van der Waals surface area (Å²) in [6.45, 7) is 1.68. The number of hydrazine groups is 1. The summed E-state index contributed by atoms with van der Waals surface area (Å²) >= 11 is 6.30. The van der Waals surface area contributed by atoms with Gasteiger partial charge in [0.25, 0.3) is 5.91 Å². The van der Waals surface area contributed by atoms with Crippen LogP contribution < -0.4 is 10.9 Å². The topological polar surface area (TPSA) is 59.0 Å². The number of para-hydroxylation sites is 1. The molecule has 0 aliphatic heterocycles. The number of nitrogens with one attached hydrogen (secondary N) is 2. The molecular formula is C17H14ClFN4O. The predicted molar refractivity (Wildman–Crippen MR) is 90.8 cm³/mol. The van der Waals surface area contributed by atoms with Gasteiger partial charge < -0.3 is 0 Å². The summed E-state index contributed by atoms with van der Waals surface area (Å²) in [6.07, 6.45) is 0. The Hall–Kier alpha value is -2.86. The van der Waals surface area contributed by atoms with E-state index in [9.17, 15) is 9.18 Å². The van der Waals surface area contributed by atoms with E-state index >= 15 is 0 Å². The number of amides is 1. The SMILES string of the molecule is Cc1nn(-c2ccc(F)cc2)c(Cl)c1C(=O)NNc1ccccc1. The molecule has 3 rings (SSSR count). The van der Waals surface area contributed by atoms with Gasteiger partial charge in [0.1, 0.15) is 16.5 Å². The quantitative estimate of drug-likeness (QED) is 0.709. The lowest BCUT2D eigenvalue weighted by Gasteiger charge is -2.08. The van der Waals surface area contributed by atoms with Crippen LogP contribution >= 0.6 is 11.6 Å². The zero-order valence-electron chi connectivity index (χ0n) is 12.8. The average molecular weight is 345 g/mol. The predicted octanol–water partition coefficient (Wildman–Crippen LogP) is 3.73. The van der Waals surface area contributed by atoms with Crippen LogP contribution in [0.2, 0.25) is 5.15 Å². The molecule has 0 spiro atoms. The number of aromatic nitrogens is 2. The van der Waals surface area contributed by atoms with Crippen molar-refractivity contribution in [3.05, 3.63) is 76.8 Å². The standard InChI is InChI=1S/C17H14ClFN4O/c1-11-15(17(24)21-20-13-5-3-2-4-6-13)16(18)23(22-11)14-9-7-12(19)8-10-14/h2-10,20H,1H3,(H,21,24). The molecule has 0 unspecified atom stereocenters. The Labute approximate surface area is 143 Å². The van der Waals surface area contributed by atoms with Crippen LogP contribution in [0.1, 0.15) is 16.1 Å². The van der Waals surface area contributed by atoms with Crippen LogP contribution in [-0.4, -0.2) is 15.7 Å². The van der Waals surface area contributed by atoms with Crippen LogP contribution in [0, 0.1) is 12.7 Å². The van der Waals surface area contributed by atoms with Crippen molar-refractivity contribution < 1.29 is 9.18 Å². The van der Waals surface area contributed by atoms with E-state index in [0.717, 1.165) is 5.69 Å². The highest BCUT2D eigenvalue weighted by atomic mass is 35.5. The van der Waals surface area contributed by atoms with Crippen molar-refractivity contribution in [2.24, 2.45) is 0 Å². The van der Waals surface area contributed by atoms with Gasteiger partial charge in [-0.15, -0.1) is 0 Å². The molecule has 3 aromatic rings. The number of nitrogens with zero attached hydrogens (tertiary/aromatic N) is 2. The number of anilines is 1. The molecule has 1 heterocycles. The van der Waals surface area contributed by atoms with E-state index in [1.807, 2.05) is 30.3 Å². The van der Waals surface area contributed by atoms with E-state index in [4.69, 9.17) is 11.6 Å². The normalized spacial score (nSPS) is 10.5. The zero-order chi connectivity index (χ0) is 17.1. The number of rotatable bonds is 4. The molecule has 0 radical (unpaired) electrons. The lowest BCUT2D eigenvalue weighted by atomic mass is 10.2. The molecule has 0 fully saturated rings. The number of aryl methyl sites for hydroxylation is 1. The molecule has 5 nitrogen and oxygen atoms in total. The lowest BCUT2D eigenvalue weighted by Crippen LogP contribution is -2.29. The molecule has 0 aliphatic carbocycles. The van der Waals surface area contributed by atoms with Crippen LogP contribution in [0.5, 0.6) is 0 Å². The van der Waals surface area contributed by atoms with Crippen LogP contribution in [0.3, 0.4) is 0 Å². The van der Waals surface area contributed by atoms with Crippen molar-refractivity contribution in [3.8, 4) is 5.69 Å². The first kappa shape index (κ1) is 16.0. The van der Waals surface area contributed by atoms with Gasteiger partial charge in [-0.25, -0.2) is 9.07 Å². The van der Waals surface area contributed by atoms with Gasteiger partial charge in [0.15, 0.2) is 0 Å². The summed E-state index contributed by atoms with van der Waals surface area (Å²) < 4.78 is 14.4. The Bertz CT molecular complexity index is 862. The maximum atomic E-state index is 13.0. The largest absolute Gasteiger partial charge is 0.298 e. The summed E-state index contributed by atoms with van der Waals surface area (Å²) in [5.41, 5.74) is 7.43. The van der Waals surface area contributed by atoms with Crippen molar-refractivity contribution >= 4 is 23.2 Å². The molecule has 0 saturated carbocycles. The van der Waals surface area contributed by atoms with Gasteiger partial charge in [0, 0.05) is 0 Å². The highest BCUT2D eigenvalue weighted by Gasteiger charge is 2.21. The van der Waals surface area contributed by atoms with Crippen molar-refractivity contribution in [1.82, 2.24) is 15.2 Å². The molecule has 7 heteroatoms. The van der Waals surface area contributed by atoms with Crippen LogP contribution in [-0.2, 0) is 0 Å². The molecule has 0 atom stereocenters. The van der Waals surface area contributed by atoms with Gasteiger partial charge in [-0.2, -0.15) is 5.10 Å². The third-order valence-electron chi connectivity index (χ3n) is 3.40. The number of carbonyl (C=O) groups is 1. The molecule has 1 amide bonds. The maximum Gasteiger partial charge on any atom is 0.274 e. The molecule has 2 aromatic carbocycles. The monoisotopic (exact) mass is 344 g/mol. The van der Waals surface area contributed by atoms with Gasteiger partial charge in [0.2, 0.25) is 0 Å². The summed E-state index contributed by atoms with van der Waals surface area (Å²) in [5.74, 6) is -0.765. The van der Waals surface area contributed by atoms with Gasteiger partial charge in [-0.3, -0.25) is 15.6 Å². The molecule has 0 bridgehead atoms. The zero-order valence-corrected chi connectivity index (χ0v) is 13.5. The number of halogens is 2. The number of hydrogen-bond donors (Lipinski definition) is 2. The second-order valence-corrected chi connectivity index (χ2v) is 5.44. The van der Waals surface area contributed by atoms with E-state index in [-0.39, 0.29) is 16.5 Å². The van der Waals surface area contributed by atoms with Gasteiger partial charge in [-0.05, 0) is 43.3 Å². The fraction of sp³-hybridized carbons (Fsp3) is 0.0588. The molecule has 0 saturated heterocycles. The average Bonchev–Trinajstić information content (AvgIpc) is 2.89. The molecular weight excluding hydrogens is 331 g/mol. The third kappa shape index (κ3) is 3.23. The van der Waals surface area contributed by atoms with Crippen molar-refractivity contribution in [2.45, 2.75) is 6.92 Å². The minimum Gasteiger partial charge on any atom is -0.298 e. The number of benzene rings is 2. The second kappa shape index (κ2) is 6.72. The molecule has 24 heavy (non-hydrogen) atoms. The fourth-order valence-corrected chi connectivity index (χ4v) is 2.58. The maximum absolute atomic E-state index is 13.0. The van der Waals surface area contributed by atoms with Crippen LogP contribution in [0.15, 0.2) is 54.6 Å². The van der Waals surface area contributed by atoms with Gasteiger partial charge in [-0.1, -0.05) is 29.8 Å². The Morgan fingerprint density at radius 3 is 2.46 bits per heavy atom. The molecule has 2 N–H and O–H groups in total. The third-order valence-corrected chi connectivity index (χ3v) is 3.75. The molecule has 122 valence electrons. The highest BCUT2D eigenvalue weighted by molar-refractivity contribution is 6.33. The Balaban J connectivity index is 1.83. The lowest BCUT2D eigenvalue weighted by molar-refractivity contribution is 0.0962. The molecule has 0 aliphatic rings. The minimum atomic E-state index is -0.408. The summed E-state index contributed by atoms with van der Waals surface area (Å²) in [4.78, 5) is 12.4. The second-order valence-electron chi connectivity index (χ2n) is 5.08. The first-order chi connectivity index (χ1) is 11.6. The highest BCUT2D eigenvalue weighted by Crippen LogP contribution is 2.23. The number of hydrogen-bond acceptors (Lipinski definition) is 3. The Kier molecular flexibility index (Phi) is 4.48. The van der Waals surface area contributed by atoms with Crippen LogP contribution in [0.25, 0.3) is 5.69 Å². The first-order valence-corrected chi connectivity index (χ1v) is 7.56. The van der Waals surface area contributed by atoms with Gasteiger partial charge >= 0.3 is 0 Å². The van der Waals surface area contributed by atoms with E-state index in [1.54, 1.807) is 6.92 Å². The van der Waals surface area contributed by atoms with Crippen LogP contribution in [0.4, 0.5) is 10.1 Å². The van der Waals surface area contributed by atoms with E-state index in [2.05, 4.69) is 16.0 Å².